The molecule has 1 aromatic heterocycles. The average molecular weight is 460 g/mol. The van der Waals surface area contributed by atoms with Gasteiger partial charge < -0.3 is 14.6 Å². The second-order valence-corrected chi connectivity index (χ2v) is 9.70. The van der Waals surface area contributed by atoms with Gasteiger partial charge in [0.05, 0.1) is 17.7 Å². The van der Waals surface area contributed by atoms with Crippen LogP contribution in [0.3, 0.4) is 0 Å². The number of carboxylic acid groups (broad SMARTS) is 1. The largest absolute Gasteiger partial charge is 0.493 e. The van der Waals surface area contributed by atoms with Crippen molar-refractivity contribution in [2.75, 3.05) is 6.61 Å². The molecule has 1 atom stereocenters. The van der Waals surface area contributed by atoms with E-state index in [2.05, 4.69) is 0 Å². The second-order valence-electron chi connectivity index (χ2n) is 9.70. The Morgan fingerprint density at radius 1 is 1.18 bits per heavy atom. The highest BCUT2D eigenvalue weighted by atomic mass is 19.1. The van der Waals surface area contributed by atoms with E-state index in [-0.39, 0.29) is 5.82 Å². The monoisotopic (exact) mass is 459 g/mol. The quantitative estimate of drug-likeness (QED) is 0.384. The van der Waals surface area contributed by atoms with Gasteiger partial charge in [-0.2, -0.15) is 0 Å². The average Bonchev–Trinajstić information content (AvgIpc) is 2.77. The van der Waals surface area contributed by atoms with E-state index in [9.17, 15) is 14.3 Å². The molecule has 5 nitrogen and oxygen atoms in total. The van der Waals surface area contributed by atoms with E-state index in [0.717, 1.165) is 39.6 Å². The fraction of sp³-hybridized carbons (Fsp3) is 0.286. The Morgan fingerprint density at radius 2 is 1.97 bits per heavy atom. The normalized spacial score (nSPS) is 14.3. The number of carbonyl (C=O) groups is 1. The molecule has 0 amide bonds. The first kappa shape index (κ1) is 22.3. The fourth-order valence-corrected chi connectivity index (χ4v) is 4.85. The summed E-state index contributed by atoms with van der Waals surface area (Å²) in [6.45, 7) is 7.93. The number of pyridine rings is 1. The molecule has 1 aliphatic rings. The molecule has 4 aromatic rings. The van der Waals surface area contributed by atoms with Gasteiger partial charge in [0.25, 0.3) is 0 Å². The molecule has 1 N–H and O–H groups in total. The molecule has 2 heterocycles. The van der Waals surface area contributed by atoms with E-state index in [0.29, 0.717) is 28.7 Å². The van der Waals surface area contributed by atoms with E-state index < -0.39 is 17.7 Å². The van der Waals surface area contributed by atoms with Gasteiger partial charge in [0.1, 0.15) is 11.6 Å². The summed E-state index contributed by atoms with van der Waals surface area (Å²) in [6, 6.07) is 12.2. The lowest BCUT2D eigenvalue weighted by Gasteiger charge is -2.29. The number of aromatic nitrogens is 1. The van der Waals surface area contributed by atoms with Gasteiger partial charge in [-0.1, -0.05) is 12.1 Å². The highest BCUT2D eigenvalue weighted by Crippen LogP contribution is 2.45. The standard InChI is InChI=1S/C28H26FNO4/c1-15-13-17-14-18(29)5-6-19(17)24(22(15)26(27(31)32)34-28(2,3)4)20-7-8-21-23-16(10-12-33-21)9-11-30-25(20)23/h5-9,11,13-14,26H,10,12H2,1-4H3,(H,31,32). The van der Waals surface area contributed by atoms with Crippen molar-refractivity contribution in [2.45, 2.75) is 45.8 Å². The molecule has 174 valence electrons. The summed E-state index contributed by atoms with van der Waals surface area (Å²) < 4.78 is 26.1. The van der Waals surface area contributed by atoms with Crippen LogP contribution >= 0.6 is 0 Å². The first-order chi connectivity index (χ1) is 16.1. The van der Waals surface area contributed by atoms with Gasteiger partial charge >= 0.3 is 5.97 Å². The van der Waals surface area contributed by atoms with Gasteiger partial charge in [0.2, 0.25) is 0 Å². The first-order valence-corrected chi connectivity index (χ1v) is 11.3. The summed E-state index contributed by atoms with van der Waals surface area (Å²) in [5, 5.41) is 12.6. The Labute approximate surface area is 197 Å². The first-order valence-electron chi connectivity index (χ1n) is 11.3. The van der Waals surface area contributed by atoms with Crippen LogP contribution in [0.15, 0.2) is 48.7 Å². The number of aryl methyl sites for hydroxylation is 1. The van der Waals surface area contributed by atoms with Crippen molar-refractivity contribution in [3.8, 4) is 16.9 Å². The zero-order valence-corrected chi connectivity index (χ0v) is 19.6. The molecule has 0 saturated heterocycles. The maximum absolute atomic E-state index is 14.2. The van der Waals surface area contributed by atoms with Crippen LogP contribution in [-0.4, -0.2) is 28.3 Å². The van der Waals surface area contributed by atoms with Crippen LogP contribution < -0.4 is 4.74 Å². The van der Waals surface area contributed by atoms with Crippen LogP contribution in [0.5, 0.6) is 5.75 Å². The van der Waals surface area contributed by atoms with E-state index in [1.54, 1.807) is 12.3 Å². The Kier molecular flexibility index (Phi) is 5.29. The lowest BCUT2D eigenvalue weighted by molar-refractivity contribution is -0.160. The third-order valence-electron chi connectivity index (χ3n) is 6.15. The molecule has 0 aliphatic carbocycles. The molecule has 34 heavy (non-hydrogen) atoms. The van der Waals surface area contributed by atoms with E-state index in [1.807, 2.05) is 52.0 Å². The van der Waals surface area contributed by atoms with Crippen molar-refractivity contribution in [3.63, 3.8) is 0 Å². The Hall–Kier alpha value is -3.51. The van der Waals surface area contributed by atoms with Crippen LogP contribution in [0, 0.1) is 12.7 Å². The summed E-state index contributed by atoms with van der Waals surface area (Å²) in [4.78, 5) is 17.2. The van der Waals surface area contributed by atoms with Crippen LogP contribution in [0.4, 0.5) is 4.39 Å². The third-order valence-corrected chi connectivity index (χ3v) is 6.15. The summed E-state index contributed by atoms with van der Waals surface area (Å²) in [7, 11) is 0. The third kappa shape index (κ3) is 3.78. The number of benzene rings is 3. The minimum Gasteiger partial charge on any atom is -0.493 e. The van der Waals surface area contributed by atoms with E-state index in [1.165, 1.54) is 12.1 Å². The van der Waals surface area contributed by atoms with E-state index in [4.69, 9.17) is 14.5 Å². The molecule has 0 bridgehead atoms. The predicted octanol–water partition coefficient (Wildman–Crippen LogP) is 6.38. The van der Waals surface area contributed by atoms with Crippen LogP contribution in [0.25, 0.3) is 32.8 Å². The predicted molar refractivity (Wildman–Crippen MR) is 130 cm³/mol. The van der Waals surface area contributed by atoms with Crippen LogP contribution in [-0.2, 0) is 16.0 Å². The minimum atomic E-state index is -1.22. The zero-order valence-electron chi connectivity index (χ0n) is 19.6. The molecule has 0 saturated carbocycles. The topological polar surface area (TPSA) is 68.7 Å². The van der Waals surface area contributed by atoms with Crippen molar-refractivity contribution in [1.82, 2.24) is 4.98 Å². The lowest BCUT2D eigenvalue weighted by Crippen LogP contribution is -2.28. The highest BCUT2D eigenvalue weighted by Gasteiger charge is 2.32. The minimum absolute atomic E-state index is 0.352. The molecule has 0 radical (unpaired) electrons. The summed E-state index contributed by atoms with van der Waals surface area (Å²) in [6.07, 6.45) is 1.33. The number of hydrogen-bond acceptors (Lipinski definition) is 4. The fourth-order valence-electron chi connectivity index (χ4n) is 4.85. The zero-order chi connectivity index (χ0) is 24.2. The number of fused-ring (bicyclic) bond motifs is 1. The number of carboxylic acids is 1. The van der Waals surface area contributed by atoms with Crippen LogP contribution in [0.2, 0.25) is 0 Å². The lowest BCUT2D eigenvalue weighted by atomic mass is 9.85. The maximum Gasteiger partial charge on any atom is 0.337 e. The molecule has 1 aliphatic heterocycles. The Bertz CT molecular complexity index is 1440. The highest BCUT2D eigenvalue weighted by molar-refractivity contribution is 6.08. The molecule has 1 unspecified atom stereocenters. The van der Waals surface area contributed by atoms with Gasteiger partial charge in [-0.3, -0.25) is 4.98 Å². The Morgan fingerprint density at radius 3 is 2.71 bits per heavy atom. The van der Waals surface area contributed by atoms with Crippen molar-refractivity contribution in [1.29, 1.82) is 0 Å². The van der Waals surface area contributed by atoms with E-state index >= 15 is 0 Å². The van der Waals surface area contributed by atoms with Gasteiger partial charge in [-0.05, 0) is 85.5 Å². The number of rotatable bonds is 4. The summed E-state index contributed by atoms with van der Waals surface area (Å²) in [5.41, 5.74) is 3.88. The number of ether oxygens (including phenoxy) is 2. The second kappa shape index (κ2) is 8.06. The Balaban J connectivity index is 1.91. The van der Waals surface area contributed by atoms with Gasteiger partial charge in [-0.25, -0.2) is 9.18 Å². The molecular formula is C28H26FNO4. The van der Waals surface area contributed by atoms with Crippen molar-refractivity contribution >= 4 is 27.6 Å². The van der Waals surface area contributed by atoms with Crippen molar-refractivity contribution < 1.29 is 23.8 Å². The number of hydrogen-bond donors (Lipinski definition) is 1. The molecule has 5 rings (SSSR count). The maximum atomic E-state index is 14.2. The molecular weight excluding hydrogens is 433 g/mol. The van der Waals surface area contributed by atoms with Crippen LogP contribution in [0.1, 0.15) is 43.6 Å². The summed E-state index contributed by atoms with van der Waals surface area (Å²) >= 11 is 0. The number of halogens is 1. The van der Waals surface area contributed by atoms with Crippen molar-refractivity contribution in [2.24, 2.45) is 0 Å². The van der Waals surface area contributed by atoms with Crippen molar-refractivity contribution in [3.05, 3.63) is 71.2 Å². The number of aliphatic carboxylic acids is 1. The van der Waals surface area contributed by atoms with Gasteiger partial charge in [-0.15, -0.1) is 0 Å². The molecule has 0 fully saturated rings. The van der Waals surface area contributed by atoms with Gasteiger partial charge in [0, 0.05) is 29.1 Å². The molecule has 6 heteroatoms. The smallest absolute Gasteiger partial charge is 0.337 e. The molecule has 0 spiro atoms. The SMILES string of the molecule is Cc1cc2cc(F)ccc2c(-c2ccc3c4c(ccnc24)CCO3)c1C(OC(C)(C)C)C(=O)O. The number of nitrogens with zero attached hydrogens (tertiary/aromatic N) is 1. The van der Waals surface area contributed by atoms with Gasteiger partial charge in [0.15, 0.2) is 6.10 Å². The molecule has 3 aromatic carbocycles. The summed E-state index contributed by atoms with van der Waals surface area (Å²) in [5.74, 6) is -0.673.